The van der Waals surface area contributed by atoms with Gasteiger partial charge in [0, 0.05) is 19.0 Å². The van der Waals surface area contributed by atoms with Crippen molar-refractivity contribution in [2.75, 3.05) is 7.11 Å². The summed E-state index contributed by atoms with van der Waals surface area (Å²) in [5, 5.41) is 0. The Hall–Kier alpha value is -2.88. The van der Waals surface area contributed by atoms with Crippen LogP contribution >= 0.6 is 0 Å². The molecule has 4 heteroatoms. The van der Waals surface area contributed by atoms with Gasteiger partial charge >= 0.3 is 0 Å². The topological polar surface area (TPSA) is 46.6 Å². The minimum atomic E-state index is -0.472. The SMILES string of the molecule is COc1ccc(C2CC(=O)CC/C=C\N(Cc3ccccc3)C2=O)cc1. The van der Waals surface area contributed by atoms with Crippen LogP contribution in [-0.2, 0) is 16.1 Å². The number of Topliss-reactive ketones (excluding diaryl/α,β-unsaturated/α-hetero) is 1. The highest BCUT2D eigenvalue weighted by Crippen LogP contribution is 2.27. The Labute approximate surface area is 154 Å². The Kier molecular flexibility index (Phi) is 5.84. The molecule has 0 radical (unpaired) electrons. The second kappa shape index (κ2) is 8.48. The normalized spacial score (nSPS) is 19.4. The first kappa shape index (κ1) is 17.9. The predicted molar refractivity (Wildman–Crippen MR) is 101 cm³/mol. The van der Waals surface area contributed by atoms with Crippen LogP contribution in [0.25, 0.3) is 0 Å². The Balaban J connectivity index is 1.90. The van der Waals surface area contributed by atoms with E-state index in [1.807, 2.05) is 66.9 Å². The molecule has 0 spiro atoms. The molecule has 0 bridgehead atoms. The van der Waals surface area contributed by atoms with E-state index in [-0.39, 0.29) is 18.1 Å². The van der Waals surface area contributed by atoms with Gasteiger partial charge in [-0.05, 0) is 29.7 Å². The maximum Gasteiger partial charge on any atom is 0.234 e. The van der Waals surface area contributed by atoms with E-state index in [9.17, 15) is 9.59 Å². The van der Waals surface area contributed by atoms with Crippen LogP contribution in [0.2, 0.25) is 0 Å². The summed E-state index contributed by atoms with van der Waals surface area (Å²) in [6.45, 7) is 0.497. The molecule has 1 aliphatic heterocycles. The van der Waals surface area contributed by atoms with E-state index in [2.05, 4.69) is 0 Å². The minimum absolute atomic E-state index is 0.0504. The Morgan fingerprint density at radius 2 is 1.77 bits per heavy atom. The molecule has 0 aromatic heterocycles. The summed E-state index contributed by atoms with van der Waals surface area (Å²) in [6.07, 6.45) is 5.10. The standard InChI is InChI=1S/C22H23NO3/c1-26-20-12-10-18(11-13-20)21-15-19(24)9-5-6-14-23(22(21)25)16-17-7-3-2-4-8-17/h2-4,6-8,10-14,21H,5,9,15-16H2,1H3/b14-6-. The number of rotatable bonds is 4. The first-order valence-corrected chi connectivity index (χ1v) is 8.84. The highest BCUT2D eigenvalue weighted by atomic mass is 16.5. The zero-order chi connectivity index (χ0) is 18.4. The molecule has 3 rings (SSSR count). The first-order chi connectivity index (χ1) is 12.7. The summed E-state index contributed by atoms with van der Waals surface area (Å²) in [7, 11) is 1.61. The molecule has 0 saturated carbocycles. The second-order valence-corrected chi connectivity index (χ2v) is 6.44. The van der Waals surface area contributed by atoms with Gasteiger partial charge in [0.25, 0.3) is 0 Å². The third-order valence-electron chi connectivity index (χ3n) is 4.60. The quantitative estimate of drug-likeness (QED) is 0.836. The summed E-state index contributed by atoms with van der Waals surface area (Å²) in [6, 6.07) is 17.3. The number of benzene rings is 2. The number of hydrogen-bond acceptors (Lipinski definition) is 3. The number of allylic oxidation sites excluding steroid dienone is 1. The molecular weight excluding hydrogens is 326 g/mol. The lowest BCUT2D eigenvalue weighted by atomic mass is 9.91. The van der Waals surface area contributed by atoms with Crippen molar-refractivity contribution in [3.05, 3.63) is 78.0 Å². The third kappa shape index (κ3) is 4.39. The van der Waals surface area contributed by atoms with Gasteiger partial charge in [-0.25, -0.2) is 0 Å². The number of methoxy groups -OCH3 is 1. The molecule has 1 unspecified atom stereocenters. The number of ketones is 1. The summed E-state index contributed by atoms with van der Waals surface area (Å²) < 4.78 is 5.20. The van der Waals surface area contributed by atoms with Crippen LogP contribution in [-0.4, -0.2) is 23.7 Å². The van der Waals surface area contributed by atoms with Crippen molar-refractivity contribution in [3.63, 3.8) is 0 Å². The fourth-order valence-corrected chi connectivity index (χ4v) is 3.14. The maximum absolute atomic E-state index is 13.2. The van der Waals surface area contributed by atoms with Gasteiger partial charge in [0.1, 0.15) is 11.5 Å². The molecule has 2 aromatic carbocycles. The third-order valence-corrected chi connectivity index (χ3v) is 4.60. The zero-order valence-electron chi connectivity index (χ0n) is 14.9. The Morgan fingerprint density at radius 1 is 1.04 bits per heavy atom. The van der Waals surface area contributed by atoms with Crippen LogP contribution in [0.4, 0.5) is 0 Å². The van der Waals surface area contributed by atoms with Crippen LogP contribution < -0.4 is 4.74 Å². The summed E-state index contributed by atoms with van der Waals surface area (Å²) in [5.74, 6) is 0.326. The van der Waals surface area contributed by atoms with Gasteiger partial charge < -0.3 is 9.64 Å². The van der Waals surface area contributed by atoms with Crippen molar-refractivity contribution < 1.29 is 14.3 Å². The van der Waals surface area contributed by atoms with Crippen LogP contribution in [0.5, 0.6) is 5.75 Å². The van der Waals surface area contributed by atoms with Gasteiger partial charge in [-0.15, -0.1) is 0 Å². The fourth-order valence-electron chi connectivity index (χ4n) is 3.14. The summed E-state index contributed by atoms with van der Waals surface area (Å²) >= 11 is 0. The molecule has 0 aliphatic carbocycles. The van der Waals surface area contributed by atoms with Crippen molar-refractivity contribution in [2.24, 2.45) is 0 Å². The molecule has 26 heavy (non-hydrogen) atoms. The van der Waals surface area contributed by atoms with E-state index in [1.54, 1.807) is 12.0 Å². The fraction of sp³-hybridized carbons (Fsp3) is 0.273. The minimum Gasteiger partial charge on any atom is -0.497 e. The van der Waals surface area contributed by atoms with E-state index in [0.717, 1.165) is 16.9 Å². The lowest BCUT2D eigenvalue weighted by Crippen LogP contribution is -2.31. The zero-order valence-corrected chi connectivity index (χ0v) is 14.9. The van der Waals surface area contributed by atoms with Crippen LogP contribution in [0.3, 0.4) is 0 Å². The number of amides is 1. The number of hydrogen-bond donors (Lipinski definition) is 0. The second-order valence-electron chi connectivity index (χ2n) is 6.44. The Bertz CT molecular complexity index is 781. The van der Waals surface area contributed by atoms with Crippen LogP contribution in [0, 0.1) is 0 Å². The number of ether oxygens (including phenoxy) is 1. The van der Waals surface area contributed by atoms with Crippen molar-refractivity contribution in [3.8, 4) is 5.75 Å². The Morgan fingerprint density at radius 3 is 2.46 bits per heavy atom. The largest absolute Gasteiger partial charge is 0.497 e. The average Bonchev–Trinajstić information content (AvgIpc) is 2.74. The predicted octanol–water partition coefficient (Wildman–Crippen LogP) is 4.07. The van der Waals surface area contributed by atoms with Gasteiger partial charge in [-0.2, -0.15) is 0 Å². The van der Waals surface area contributed by atoms with E-state index >= 15 is 0 Å². The van der Waals surface area contributed by atoms with Gasteiger partial charge in [0.15, 0.2) is 0 Å². The summed E-state index contributed by atoms with van der Waals surface area (Å²) in [5.41, 5.74) is 1.90. The van der Waals surface area contributed by atoms with Gasteiger partial charge in [0.05, 0.1) is 19.6 Å². The average molecular weight is 349 g/mol. The highest BCUT2D eigenvalue weighted by Gasteiger charge is 2.28. The van der Waals surface area contributed by atoms with Crippen LogP contribution in [0.1, 0.15) is 36.3 Å². The monoisotopic (exact) mass is 349 g/mol. The molecule has 134 valence electrons. The lowest BCUT2D eigenvalue weighted by molar-refractivity contribution is -0.133. The molecule has 4 nitrogen and oxygen atoms in total. The smallest absolute Gasteiger partial charge is 0.234 e. The molecule has 0 fully saturated rings. The molecule has 0 saturated heterocycles. The molecule has 1 amide bonds. The van der Waals surface area contributed by atoms with E-state index in [1.165, 1.54) is 0 Å². The van der Waals surface area contributed by atoms with Crippen LogP contribution in [0.15, 0.2) is 66.9 Å². The molecule has 1 aliphatic rings. The van der Waals surface area contributed by atoms with Crippen molar-refractivity contribution in [1.29, 1.82) is 0 Å². The number of carbonyl (C=O) groups excluding carboxylic acids is 2. The molecule has 2 aromatic rings. The van der Waals surface area contributed by atoms with E-state index in [4.69, 9.17) is 4.74 Å². The molecule has 0 N–H and O–H groups in total. The van der Waals surface area contributed by atoms with Crippen molar-refractivity contribution >= 4 is 11.7 Å². The van der Waals surface area contributed by atoms with Crippen molar-refractivity contribution in [2.45, 2.75) is 31.7 Å². The number of carbonyl (C=O) groups is 2. The van der Waals surface area contributed by atoms with E-state index in [0.29, 0.717) is 19.4 Å². The molecule has 1 atom stereocenters. The lowest BCUT2D eigenvalue weighted by Gasteiger charge is -2.24. The maximum atomic E-state index is 13.2. The van der Waals surface area contributed by atoms with E-state index < -0.39 is 5.92 Å². The molecular formula is C22H23NO3. The molecule has 1 heterocycles. The van der Waals surface area contributed by atoms with Crippen molar-refractivity contribution in [1.82, 2.24) is 4.90 Å². The summed E-state index contributed by atoms with van der Waals surface area (Å²) in [4.78, 5) is 27.2. The van der Waals surface area contributed by atoms with Gasteiger partial charge in [-0.3, -0.25) is 9.59 Å². The van der Waals surface area contributed by atoms with Gasteiger partial charge in [-0.1, -0.05) is 48.5 Å². The highest BCUT2D eigenvalue weighted by molar-refractivity contribution is 5.91. The van der Waals surface area contributed by atoms with Gasteiger partial charge in [0.2, 0.25) is 5.91 Å². The first-order valence-electron chi connectivity index (χ1n) is 8.84. The number of nitrogens with zero attached hydrogens (tertiary/aromatic N) is 1.